The number of nitrogens with zero attached hydrogens (tertiary/aromatic N) is 1. The highest BCUT2D eigenvalue weighted by atomic mass is 32.2. The normalized spacial score (nSPS) is 11.4. The van der Waals surface area contributed by atoms with Crippen molar-refractivity contribution in [2.75, 3.05) is 0 Å². The first kappa shape index (κ1) is 16.1. The lowest BCUT2D eigenvalue weighted by Crippen LogP contribution is -2.24. The summed E-state index contributed by atoms with van der Waals surface area (Å²) in [7, 11) is -2.13. The summed E-state index contributed by atoms with van der Waals surface area (Å²) in [4.78, 5) is 22.6. The average Bonchev–Trinajstić information content (AvgIpc) is 2.48. The van der Waals surface area contributed by atoms with E-state index in [0.717, 1.165) is 0 Å². The highest BCUT2D eigenvalue weighted by Gasteiger charge is 2.15. The van der Waals surface area contributed by atoms with Crippen LogP contribution in [0.5, 0.6) is 0 Å². The molecule has 2 aromatic rings. The Morgan fingerprint density at radius 3 is 2.59 bits per heavy atom. The Balaban J connectivity index is 2.20. The maximum Gasteiger partial charge on any atom is 0.250 e. The average molecular weight is 320 g/mol. The third kappa shape index (κ3) is 3.69. The number of ketones is 1. The predicted octanol–water partition coefficient (Wildman–Crippen LogP) is 1.07. The monoisotopic (exact) mass is 320 g/mol. The van der Waals surface area contributed by atoms with Crippen molar-refractivity contribution in [3.05, 3.63) is 64.1 Å². The van der Waals surface area contributed by atoms with E-state index in [1.807, 2.05) is 0 Å². The summed E-state index contributed by atoms with van der Waals surface area (Å²) in [6, 6.07) is 8.80. The number of benzene rings is 1. The summed E-state index contributed by atoms with van der Waals surface area (Å²) < 4.78 is 28.3. The Morgan fingerprint density at radius 2 is 1.95 bits per heavy atom. The van der Waals surface area contributed by atoms with E-state index < -0.39 is 10.0 Å². The summed E-state index contributed by atoms with van der Waals surface area (Å²) in [5.74, 6) is -0.199. The summed E-state index contributed by atoms with van der Waals surface area (Å²) >= 11 is 0. The van der Waals surface area contributed by atoms with Crippen LogP contribution in [0.3, 0.4) is 0 Å². The lowest BCUT2D eigenvalue weighted by atomic mass is 10.2. The highest BCUT2D eigenvalue weighted by molar-refractivity contribution is 7.89. The molecule has 0 spiro atoms. The molecule has 0 aliphatic carbocycles. The second-order valence-corrected chi connectivity index (χ2v) is 6.66. The zero-order valence-electron chi connectivity index (χ0n) is 12.2. The van der Waals surface area contributed by atoms with Crippen LogP contribution in [0.15, 0.2) is 52.3 Å². The summed E-state index contributed by atoms with van der Waals surface area (Å²) in [6.45, 7) is 1.43. The number of rotatable bonds is 5. The molecule has 1 N–H and O–H groups in total. The molecule has 0 saturated carbocycles. The van der Waals surface area contributed by atoms with Gasteiger partial charge in [-0.1, -0.05) is 18.2 Å². The first-order valence-electron chi connectivity index (χ1n) is 6.56. The van der Waals surface area contributed by atoms with Crippen LogP contribution < -0.4 is 10.3 Å². The molecule has 0 aliphatic heterocycles. The van der Waals surface area contributed by atoms with Gasteiger partial charge in [0.2, 0.25) is 15.6 Å². The summed E-state index contributed by atoms with van der Waals surface area (Å²) in [6.07, 6.45) is 1.57. The lowest BCUT2D eigenvalue weighted by Gasteiger charge is -2.08. The number of carbonyl (C=O) groups excluding carboxylic acids is 1. The fraction of sp³-hybridized carbons (Fsp3) is 0.200. The maximum atomic E-state index is 12.2. The molecule has 6 nitrogen and oxygen atoms in total. The van der Waals surface area contributed by atoms with Gasteiger partial charge in [0.25, 0.3) is 0 Å². The van der Waals surface area contributed by atoms with Crippen LogP contribution in [0.4, 0.5) is 0 Å². The number of carbonyl (C=O) groups is 1. The molecule has 0 bridgehead atoms. The summed E-state index contributed by atoms with van der Waals surface area (Å²) in [5, 5.41) is 0. The Morgan fingerprint density at radius 1 is 1.23 bits per heavy atom. The van der Waals surface area contributed by atoms with Crippen LogP contribution in [-0.4, -0.2) is 18.8 Å². The van der Waals surface area contributed by atoms with E-state index in [1.54, 1.807) is 25.4 Å². The molecular formula is C15H16N2O4S. The number of sulfonamides is 1. The maximum absolute atomic E-state index is 12.2. The van der Waals surface area contributed by atoms with E-state index in [2.05, 4.69) is 4.72 Å². The van der Waals surface area contributed by atoms with Crippen molar-refractivity contribution in [1.29, 1.82) is 0 Å². The van der Waals surface area contributed by atoms with Gasteiger partial charge in [-0.15, -0.1) is 0 Å². The quantitative estimate of drug-likeness (QED) is 0.835. The van der Waals surface area contributed by atoms with Gasteiger partial charge in [0, 0.05) is 31.4 Å². The molecule has 0 atom stereocenters. The van der Waals surface area contributed by atoms with Crippen molar-refractivity contribution >= 4 is 15.8 Å². The number of hydrogen-bond donors (Lipinski definition) is 1. The first-order valence-corrected chi connectivity index (χ1v) is 8.04. The number of aromatic nitrogens is 1. The zero-order chi connectivity index (χ0) is 16.3. The summed E-state index contributed by atoms with van der Waals surface area (Å²) in [5.41, 5.74) is 0.833. The fourth-order valence-corrected chi connectivity index (χ4v) is 2.96. The molecule has 0 saturated heterocycles. The van der Waals surface area contributed by atoms with Gasteiger partial charge in [0.05, 0.1) is 4.90 Å². The predicted molar refractivity (Wildman–Crippen MR) is 82.2 cm³/mol. The number of aryl methyl sites for hydroxylation is 1. The highest BCUT2D eigenvalue weighted by Crippen LogP contribution is 2.12. The number of pyridine rings is 1. The lowest BCUT2D eigenvalue weighted by molar-refractivity contribution is 0.101. The molecule has 0 aliphatic rings. The van der Waals surface area contributed by atoms with Crippen molar-refractivity contribution in [3.8, 4) is 0 Å². The minimum absolute atomic E-state index is 0.0324. The molecule has 0 unspecified atom stereocenters. The number of Topliss-reactive ketones (excluding diaryl/α,β-unsaturated/α-hetero) is 1. The minimum atomic E-state index is -3.73. The Bertz CT molecular complexity index is 869. The molecule has 116 valence electrons. The SMILES string of the molecule is CC(=O)c1cccc(S(=O)(=O)NCc2ccc(=O)n(C)c2)c1. The van der Waals surface area contributed by atoms with Crippen molar-refractivity contribution in [2.45, 2.75) is 18.4 Å². The van der Waals surface area contributed by atoms with E-state index >= 15 is 0 Å². The van der Waals surface area contributed by atoms with Gasteiger partial charge < -0.3 is 4.57 Å². The third-order valence-corrected chi connectivity index (χ3v) is 4.56. The second kappa shape index (κ2) is 6.25. The molecule has 0 fully saturated rings. The van der Waals surface area contributed by atoms with Crippen molar-refractivity contribution < 1.29 is 13.2 Å². The van der Waals surface area contributed by atoms with Crippen LogP contribution in [0.25, 0.3) is 0 Å². The second-order valence-electron chi connectivity index (χ2n) is 4.90. The van der Waals surface area contributed by atoms with Crippen molar-refractivity contribution in [3.63, 3.8) is 0 Å². The largest absolute Gasteiger partial charge is 0.318 e. The zero-order valence-corrected chi connectivity index (χ0v) is 13.1. The topological polar surface area (TPSA) is 85.2 Å². The van der Waals surface area contributed by atoms with E-state index in [4.69, 9.17) is 0 Å². The number of nitrogens with one attached hydrogen (secondary N) is 1. The fourth-order valence-electron chi connectivity index (χ4n) is 1.90. The molecule has 7 heteroatoms. The van der Waals surface area contributed by atoms with Gasteiger partial charge in [0.15, 0.2) is 5.78 Å². The molecular weight excluding hydrogens is 304 g/mol. The Labute approximate surface area is 128 Å². The third-order valence-electron chi connectivity index (χ3n) is 3.16. The minimum Gasteiger partial charge on any atom is -0.318 e. The van der Waals surface area contributed by atoms with Crippen LogP contribution in [0, 0.1) is 0 Å². The Kier molecular flexibility index (Phi) is 4.58. The van der Waals surface area contributed by atoms with Crippen molar-refractivity contribution in [1.82, 2.24) is 9.29 Å². The molecule has 0 radical (unpaired) electrons. The van der Waals surface area contributed by atoms with Crippen LogP contribution in [0.2, 0.25) is 0 Å². The Hall–Kier alpha value is -2.25. The first-order chi connectivity index (χ1) is 10.3. The molecule has 22 heavy (non-hydrogen) atoms. The van der Waals surface area contributed by atoms with Gasteiger partial charge in [-0.05, 0) is 24.6 Å². The van der Waals surface area contributed by atoms with E-state index in [9.17, 15) is 18.0 Å². The van der Waals surface area contributed by atoms with Gasteiger partial charge in [-0.25, -0.2) is 13.1 Å². The van der Waals surface area contributed by atoms with E-state index in [-0.39, 0.29) is 22.8 Å². The van der Waals surface area contributed by atoms with Crippen molar-refractivity contribution in [2.24, 2.45) is 7.05 Å². The molecule has 1 heterocycles. The van der Waals surface area contributed by atoms with Gasteiger partial charge in [-0.3, -0.25) is 9.59 Å². The standard InChI is InChI=1S/C15H16N2O4S/c1-11(18)13-4-3-5-14(8-13)22(20,21)16-9-12-6-7-15(19)17(2)10-12/h3-8,10,16H,9H2,1-2H3. The molecule has 0 amide bonds. The molecule has 2 rings (SSSR count). The molecule has 1 aromatic carbocycles. The van der Waals surface area contributed by atoms with Crippen LogP contribution in [0.1, 0.15) is 22.8 Å². The van der Waals surface area contributed by atoms with Crippen LogP contribution in [-0.2, 0) is 23.6 Å². The van der Waals surface area contributed by atoms with Gasteiger partial charge in [-0.2, -0.15) is 0 Å². The van der Waals surface area contributed by atoms with Gasteiger partial charge >= 0.3 is 0 Å². The van der Waals surface area contributed by atoms with Crippen LogP contribution >= 0.6 is 0 Å². The van der Waals surface area contributed by atoms with Gasteiger partial charge in [0.1, 0.15) is 0 Å². The van der Waals surface area contributed by atoms with E-state index in [0.29, 0.717) is 11.1 Å². The smallest absolute Gasteiger partial charge is 0.250 e. The van der Waals surface area contributed by atoms with E-state index in [1.165, 1.54) is 35.8 Å². The molecule has 1 aromatic heterocycles. The number of hydrogen-bond acceptors (Lipinski definition) is 4.